The van der Waals surface area contributed by atoms with Crippen LogP contribution in [0.2, 0.25) is 0 Å². The number of amides is 2. The molecule has 0 aliphatic carbocycles. The van der Waals surface area contributed by atoms with Crippen LogP contribution in [-0.2, 0) is 0 Å². The minimum absolute atomic E-state index is 0.152. The number of hydrogen-bond acceptors (Lipinski definition) is 3. The van der Waals surface area contributed by atoms with Crippen molar-refractivity contribution in [2.75, 3.05) is 19.3 Å². The van der Waals surface area contributed by atoms with Gasteiger partial charge in [0, 0.05) is 24.8 Å². The molecule has 1 aromatic carbocycles. The van der Waals surface area contributed by atoms with Crippen LogP contribution in [0.1, 0.15) is 34.1 Å². The van der Waals surface area contributed by atoms with Crippen molar-refractivity contribution in [2.45, 2.75) is 13.3 Å². The van der Waals surface area contributed by atoms with Crippen LogP contribution in [0.3, 0.4) is 0 Å². The van der Waals surface area contributed by atoms with E-state index in [1.54, 1.807) is 11.9 Å². The van der Waals surface area contributed by atoms with Crippen LogP contribution in [0.15, 0.2) is 18.2 Å². The van der Waals surface area contributed by atoms with Crippen molar-refractivity contribution in [2.24, 2.45) is 5.73 Å². The molecule has 0 aliphatic heterocycles. The number of rotatable bonds is 4. The van der Waals surface area contributed by atoms with E-state index in [9.17, 15) is 9.59 Å². The van der Waals surface area contributed by atoms with Crippen molar-refractivity contribution in [3.05, 3.63) is 29.3 Å². The highest BCUT2D eigenvalue weighted by Crippen LogP contribution is 2.16. The van der Waals surface area contributed by atoms with Gasteiger partial charge in [0.15, 0.2) is 0 Å². The fraction of sp³-hybridized carbons (Fsp3) is 0.333. The Hall–Kier alpha value is -2.04. The van der Waals surface area contributed by atoms with Gasteiger partial charge in [-0.3, -0.25) is 9.59 Å². The third kappa shape index (κ3) is 2.96. The summed E-state index contributed by atoms with van der Waals surface area (Å²) in [6.07, 6.45) is 0.877. The van der Waals surface area contributed by atoms with Crippen molar-refractivity contribution in [3.63, 3.8) is 0 Å². The fourth-order valence-corrected chi connectivity index (χ4v) is 1.55. The molecular formula is C12H17N3O2. The molecule has 0 saturated heterocycles. The molecule has 0 fully saturated rings. The number of carbonyl (C=O) groups excluding carboxylic acids is 2. The molecule has 0 spiro atoms. The lowest BCUT2D eigenvalue weighted by atomic mass is 10.1. The normalized spacial score (nSPS) is 10.0. The first kappa shape index (κ1) is 13.0. The summed E-state index contributed by atoms with van der Waals surface area (Å²) in [5, 5.41) is 0. The monoisotopic (exact) mass is 235 g/mol. The van der Waals surface area contributed by atoms with Gasteiger partial charge in [-0.1, -0.05) is 6.92 Å². The average Bonchev–Trinajstić information content (AvgIpc) is 2.28. The molecule has 0 atom stereocenters. The van der Waals surface area contributed by atoms with Crippen LogP contribution in [0.5, 0.6) is 0 Å². The summed E-state index contributed by atoms with van der Waals surface area (Å²) in [6, 6.07) is 4.46. The summed E-state index contributed by atoms with van der Waals surface area (Å²) in [4.78, 5) is 24.5. The number of nitrogens with zero attached hydrogens (tertiary/aromatic N) is 1. The number of carbonyl (C=O) groups is 2. The second-order valence-corrected chi connectivity index (χ2v) is 3.89. The zero-order chi connectivity index (χ0) is 13.0. The van der Waals surface area contributed by atoms with Crippen molar-refractivity contribution in [3.8, 4) is 0 Å². The Morgan fingerprint density at radius 3 is 2.47 bits per heavy atom. The number of nitrogens with two attached hydrogens (primary N) is 2. The van der Waals surface area contributed by atoms with E-state index >= 15 is 0 Å². The van der Waals surface area contributed by atoms with Crippen LogP contribution < -0.4 is 11.5 Å². The van der Waals surface area contributed by atoms with E-state index < -0.39 is 5.91 Å². The molecule has 5 heteroatoms. The molecule has 0 unspecified atom stereocenters. The van der Waals surface area contributed by atoms with Crippen LogP contribution in [0.4, 0.5) is 5.69 Å². The van der Waals surface area contributed by atoms with E-state index in [2.05, 4.69) is 0 Å². The maximum absolute atomic E-state index is 12.0. The lowest BCUT2D eigenvalue weighted by Gasteiger charge is -2.17. The zero-order valence-electron chi connectivity index (χ0n) is 10.1. The van der Waals surface area contributed by atoms with Gasteiger partial charge in [0.25, 0.3) is 5.91 Å². The molecule has 0 aromatic heterocycles. The Morgan fingerprint density at radius 1 is 1.35 bits per heavy atom. The fourth-order valence-electron chi connectivity index (χ4n) is 1.55. The van der Waals surface area contributed by atoms with Crippen LogP contribution in [0.25, 0.3) is 0 Å². The first-order valence-corrected chi connectivity index (χ1v) is 5.42. The maximum atomic E-state index is 12.0. The topological polar surface area (TPSA) is 89.4 Å². The maximum Gasteiger partial charge on any atom is 0.255 e. The van der Waals surface area contributed by atoms with Crippen molar-refractivity contribution >= 4 is 17.5 Å². The Labute approximate surface area is 100 Å². The van der Waals surface area contributed by atoms with Crippen LogP contribution >= 0.6 is 0 Å². The molecule has 1 aromatic rings. The summed E-state index contributed by atoms with van der Waals surface area (Å²) in [5.74, 6) is -0.710. The van der Waals surface area contributed by atoms with Gasteiger partial charge in [0.1, 0.15) is 0 Å². The highest BCUT2D eigenvalue weighted by Gasteiger charge is 2.15. The average molecular weight is 235 g/mol. The Morgan fingerprint density at radius 2 is 2.00 bits per heavy atom. The lowest BCUT2D eigenvalue weighted by Crippen LogP contribution is -2.28. The predicted molar refractivity (Wildman–Crippen MR) is 66.6 cm³/mol. The predicted octanol–water partition coefficient (Wildman–Crippen LogP) is 0.850. The number of primary amides is 1. The van der Waals surface area contributed by atoms with Crippen LogP contribution in [-0.4, -0.2) is 30.3 Å². The number of anilines is 1. The van der Waals surface area contributed by atoms with Crippen molar-refractivity contribution in [1.29, 1.82) is 0 Å². The van der Waals surface area contributed by atoms with E-state index in [1.165, 1.54) is 18.2 Å². The van der Waals surface area contributed by atoms with Gasteiger partial charge < -0.3 is 16.4 Å². The molecule has 17 heavy (non-hydrogen) atoms. The van der Waals surface area contributed by atoms with E-state index in [0.717, 1.165) is 6.42 Å². The summed E-state index contributed by atoms with van der Waals surface area (Å²) in [6.45, 7) is 2.65. The molecule has 0 radical (unpaired) electrons. The van der Waals surface area contributed by atoms with Gasteiger partial charge in [0.2, 0.25) is 5.91 Å². The molecule has 0 saturated carbocycles. The largest absolute Gasteiger partial charge is 0.398 e. The summed E-state index contributed by atoms with van der Waals surface area (Å²) >= 11 is 0. The molecule has 92 valence electrons. The molecule has 1 rings (SSSR count). The second-order valence-electron chi connectivity index (χ2n) is 3.89. The number of benzene rings is 1. The van der Waals surface area contributed by atoms with Crippen molar-refractivity contribution in [1.82, 2.24) is 4.90 Å². The Bertz CT molecular complexity index is 443. The lowest BCUT2D eigenvalue weighted by molar-refractivity contribution is 0.0795. The molecule has 0 bridgehead atoms. The molecule has 0 aliphatic rings. The standard InChI is InChI=1S/C12H17N3O2/c1-3-6-15(2)12(17)9-5-4-8(11(14)16)7-10(9)13/h4-5,7H,3,6,13H2,1-2H3,(H2,14,16). The minimum atomic E-state index is -0.558. The van der Waals surface area contributed by atoms with Gasteiger partial charge in [-0.25, -0.2) is 0 Å². The number of nitrogen functional groups attached to an aromatic ring is 1. The molecule has 2 amide bonds. The van der Waals surface area contributed by atoms with Crippen LogP contribution in [0, 0.1) is 0 Å². The minimum Gasteiger partial charge on any atom is -0.398 e. The summed E-state index contributed by atoms with van der Waals surface area (Å²) in [7, 11) is 1.72. The zero-order valence-corrected chi connectivity index (χ0v) is 10.1. The Balaban J connectivity index is 3.00. The van der Waals surface area contributed by atoms with E-state index in [4.69, 9.17) is 11.5 Å². The smallest absolute Gasteiger partial charge is 0.255 e. The van der Waals surface area contributed by atoms with E-state index in [1.807, 2.05) is 6.92 Å². The summed E-state index contributed by atoms with van der Waals surface area (Å²) in [5.41, 5.74) is 11.8. The SMILES string of the molecule is CCCN(C)C(=O)c1ccc(C(N)=O)cc1N. The third-order valence-corrected chi connectivity index (χ3v) is 2.47. The van der Waals surface area contributed by atoms with Crippen molar-refractivity contribution < 1.29 is 9.59 Å². The van der Waals surface area contributed by atoms with E-state index in [-0.39, 0.29) is 11.6 Å². The molecule has 0 heterocycles. The van der Waals surface area contributed by atoms with Gasteiger partial charge >= 0.3 is 0 Å². The molecular weight excluding hydrogens is 218 g/mol. The first-order chi connectivity index (χ1) is 7.97. The molecule has 4 N–H and O–H groups in total. The van der Waals surface area contributed by atoms with Gasteiger partial charge in [-0.15, -0.1) is 0 Å². The second kappa shape index (κ2) is 5.34. The number of hydrogen-bond donors (Lipinski definition) is 2. The van der Waals surface area contributed by atoms with Gasteiger partial charge in [-0.2, -0.15) is 0 Å². The summed E-state index contributed by atoms with van der Waals surface area (Å²) < 4.78 is 0. The molecule has 5 nitrogen and oxygen atoms in total. The Kier molecular flexibility index (Phi) is 4.09. The highest BCUT2D eigenvalue weighted by atomic mass is 16.2. The highest BCUT2D eigenvalue weighted by molar-refractivity contribution is 6.01. The van der Waals surface area contributed by atoms with Gasteiger partial charge in [0.05, 0.1) is 5.56 Å². The first-order valence-electron chi connectivity index (χ1n) is 5.42. The van der Waals surface area contributed by atoms with Gasteiger partial charge in [-0.05, 0) is 24.6 Å². The quantitative estimate of drug-likeness (QED) is 0.758. The third-order valence-electron chi connectivity index (χ3n) is 2.47. The van der Waals surface area contributed by atoms with E-state index in [0.29, 0.717) is 17.7 Å².